The van der Waals surface area contributed by atoms with E-state index in [4.69, 9.17) is 0 Å². The molecule has 0 saturated carbocycles. The van der Waals surface area contributed by atoms with Crippen molar-refractivity contribution in [2.24, 2.45) is 0 Å². The van der Waals surface area contributed by atoms with E-state index in [9.17, 15) is 18.1 Å². The molecular formula is C24H21FN2O2S2. The molecule has 0 heterocycles. The first kappa shape index (κ1) is 22.6. The van der Waals surface area contributed by atoms with Crippen molar-refractivity contribution in [3.05, 3.63) is 106 Å². The first-order valence-corrected chi connectivity index (χ1v) is 12.1. The molecule has 3 aromatic rings. The van der Waals surface area contributed by atoms with Gasteiger partial charge in [-0.15, -0.1) is 11.8 Å². The van der Waals surface area contributed by atoms with Crippen LogP contribution in [0.3, 0.4) is 0 Å². The number of rotatable bonds is 8. The fraction of sp³-hybridized carbons (Fsp3) is 0.125. The Bertz CT molecular complexity index is 1230. The molecule has 0 unspecified atom stereocenters. The largest absolute Gasteiger partial charge is 0.348 e. The summed E-state index contributed by atoms with van der Waals surface area (Å²) < 4.78 is 40.0. The Morgan fingerprint density at radius 1 is 1.03 bits per heavy atom. The van der Waals surface area contributed by atoms with Crippen LogP contribution in [-0.2, 0) is 22.0 Å². The molecule has 0 aromatic heterocycles. The van der Waals surface area contributed by atoms with Gasteiger partial charge in [0.2, 0.25) is 9.84 Å². The summed E-state index contributed by atoms with van der Waals surface area (Å²) in [5.74, 6) is -0.0746. The van der Waals surface area contributed by atoms with Crippen LogP contribution in [0.15, 0.2) is 93.7 Å². The predicted octanol–water partition coefficient (Wildman–Crippen LogP) is 5.90. The lowest BCUT2D eigenvalue weighted by atomic mass is 10.1. The summed E-state index contributed by atoms with van der Waals surface area (Å²) in [6.07, 6.45) is 0.734. The number of hydrogen-bond acceptors (Lipinski definition) is 5. The van der Waals surface area contributed by atoms with E-state index in [1.807, 2.05) is 37.3 Å². The van der Waals surface area contributed by atoms with E-state index in [2.05, 4.69) is 5.32 Å². The molecule has 31 heavy (non-hydrogen) atoms. The van der Waals surface area contributed by atoms with Crippen LogP contribution in [0.1, 0.15) is 18.1 Å². The molecule has 3 rings (SSSR count). The van der Waals surface area contributed by atoms with Crippen molar-refractivity contribution in [2.45, 2.75) is 24.0 Å². The number of nitriles is 1. The molecule has 0 spiro atoms. The summed E-state index contributed by atoms with van der Waals surface area (Å²) in [7, 11) is -4.04. The Morgan fingerprint density at radius 2 is 1.74 bits per heavy atom. The van der Waals surface area contributed by atoms with Gasteiger partial charge in [-0.25, -0.2) is 12.8 Å². The van der Waals surface area contributed by atoms with Crippen molar-refractivity contribution in [2.75, 3.05) is 5.32 Å². The van der Waals surface area contributed by atoms with E-state index >= 15 is 0 Å². The van der Waals surface area contributed by atoms with Gasteiger partial charge in [0, 0.05) is 11.4 Å². The molecule has 0 bridgehead atoms. The number of benzene rings is 3. The SMILES string of the molecule is CCc1ccccc1N/C(SCc1cccc(F)c1)=C(/C#N)S(=O)(=O)c1ccccc1. The number of halogens is 1. The molecular weight excluding hydrogens is 431 g/mol. The number of allylic oxidation sites excluding steroid dienone is 1. The van der Waals surface area contributed by atoms with Gasteiger partial charge in [-0.2, -0.15) is 5.26 Å². The summed E-state index contributed by atoms with van der Waals surface area (Å²) in [4.78, 5) is -0.327. The van der Waals surface area contributed by atoms with Crippen molar-refractivity contribution < 1.29 is 12.8 Å². The number of thioether (sulfide) groups is 1. The zero-order chi connectivity index (χ0) is 22.3. The third-order valence-electron chi connectivity index (χ3n) is 4.55. The van der Waals surface area contributed by atoms with Gasteiger partial charge < -0.3 is 5.32 Å². The minimum atomic E-state index is -4.04. The van der Waals surface area contributed by atoms with Crippen molar-refractivity contribution in [1.82, 2.24) is 0 Å². The molecule has 0 radical (unpaired) electrons. The Kier molecular flexibility index (Phi) is 7.50. The van der Waals surface area contributed by atoms with Crippen LogP contribution in [0.2, 0.25) is 0 Å². The zero-order valence-corrected chi connectivity index (χ0v) is 18.5. The molecule has 0 fully saturated rings. The molecule has 158 valence electrons. The summed E-state index contributed by atoms with van der Waals surface area (Å²) in [5.41, 5.74) is 2.39. The van der Waals surface area contributed by atoms with E-state index < -0.39 is 9.84 Å². The second kappa shape index (κ2) is 10.3. The van der Waals surface area contributed by atoms with E-state index in [0.29, 0.717) is 11.3 Å². The fourth-order valence-electron chi connectivity index (χ4n) is 2.96. The molecule has 7 heteroatoms. The summed E-state index contributed by atoms with van der Waals surface area (Å²) in [6.45, 7) is 2.00. The maximum atomic E-state index is 13.6. The monoisotopic (exact) mass is 452 g/mol. The van der Waals surface area contributed by atoms with Gasteiger partial charge >= 0.3 is 0 Å². The van der Waals surface area contributed by atoms with Crippen LogP contribution >= 0.6 is 11.8 Å². The number of sulfone groups is 1. The van der Waals surface area contributed by atoms with Gasteiger partial charge in [-0.1, -0.05) is 55.5 Å². The average molecular weight is 453 g/mol. The Labute approximate surface area is 186 Å². The van der Waals surface area contributed by atoms with Crippen molar-refractivity contribution >= 4 is 27.3 Å². The summed E-state index contributed by atoms with van der Waals surface area (Å²) >= 11 is 1.15. The molecule has 0 saturated heterocycles. The van der Waals surface area contributed by atoms with Crippen molar-refractivity contribution in [3.8, 4) is 6.07 Å². The number of para-hydroxylation sites is 1. The lowest BCUT2D eigenvalue weighted by molar-refractivity contribution is 0.603. The Hall–Kier alpha value is -3.08. The Morgan fingerprint density at radius 3 is 2.42 bits per heavy atom. The van der Waals surface area contributed by atoms with Gasteiger partial charge in [-0.3, -0.25) is 0 Å². The van der Waals surface area contributed by atoms with Crippen LogP contribution in [0.4, 0.5) is 10.1 Å². The first-order chi connectivity index (χ1) is 15.0. The molecule has 0 aliphatic carbocycles. The number of anilines is 1. The molecule has 3 aromatic carbocycles. The van der Waals surface area contributed by atoms with E-state index in [-0.39, 0.29) is 20.6 Å². The van der Waals surface area contributed by atoms with Crippen LogP contribution < -0.4 is 5.32 Å². The molecule has 0 aliphatic heterocycles. The normalized spacial score (nSPS) is 12.0. The first-order valence-electron chi connectivity index (χ1n) is 9.62. The maximum absolute atomic E-state index is 13.6. The zero-order valence-electron chi connectivity index (χ0n) is 16.9. The quantitative estimate of drug-likeness (QED) is 0.431. The highest BCUT2D eigenvalue weighted by atomic mass is 32.2. The van der Waals surface area contributed by atoms with Crippen molar-refractivity contribution in [3.63, 3.8) is 0 Å². The molecule has 0 aliphatic rings. The maximum Gasteiger partial charge on any atom is 0.219 e. The molecule has 0 atom stereocenters. The van der Waals surface area contributed by atoms with Gasteiger partial charge in [0.15, 0.2) is 4.91 Å². The van der Waals surface area contributed by atoms with Crippen LogP contribution in [0.25, 0.3) is 0 Å². The van der Waals surface area contributed by atoms with Crippen LogP contribution in [-0.4, -0.2) is 8.42 Å². The van der Waals surface area contributed by atoms with Crippen molar-refractivity contribution in [1.29, 1.82) is 5.26 Å². The van der Waals surface area contributed by atoms with E-state index in [1.165, 1.54) is 24.3 Å². The van der Waals surface area contributed by atoms with Gasteiger partial charge in [-0.05, 0) is 47.9 Å². The topological polar surface area (TPSA) is 70.0 Å². The lowest BCUT2D eigenvalue weighted by Gasteiger charge is -2.16. The molecule has 1 N–H and O–H groups in total. The second-order valence-corrected chi connectivity index (χ2v) is 9.51. The summed E-state index contributed by atoms with van der Waals surface area (Å²) in [6, 6.07) is 23.4. The van der Waals surface area contributed by atoms with Crippen LogP contribution in [0, 0.1) is 17.1 Å². The summed E-state index contributed by atoms with van der Waals surface area (Å²) in [5, 5.41) is 13.2. The third-order valence-corrected chi connectivity index (χ3v) is 7.48. The molecule has 4 nitrogen and oxygen atoms in total. The minimum absolute atomic E-state index is 0.0426. The fourth-order valence-corrected chi connectivity index (χ4v) is 5.49. The highest BCUT2D eigenvalue weighted by Gasteiger charge is 2.25. The van der Waals surface area contributed by atoms with Gasteiger partial charge in [0.25, 0.3) is 0 Å². The lowest BCUT2D eigenvalue weighted by Crippen LogP contribution is -2.11. The van der Waals surface area contributed by atoms with E-state index in [0.717, 1.165) is 29.4 Å². The highest BCUT2D eigenvalue weighted by Crippen LogP contribution is 2.32. The number of nitrogens with zero attached hydrogens (tertiary/aromatic N) is 1. The highest BCUT2D eigenvalue weighted by molar-refractivity contribution is 8.04. The minimum Gasteiger partial charge on any atom is -0.348 e. The Balaban J connectivity index is 2.07. The molecule has 0 amide bonds. The van der Waals surface area contributed by atoms with Gasteiger partial charge in [0.05, 0.1) is 4.90 Å². The predicted molar refractivity (Wildman–Crippen MR) is 123 cm³/mol. The number of hydrogen-bond donors (Lipinski definition) is 1. The smallest absolute Gasteiger partial charge is 0.219 e. The number of nitrogens with one attached hydrogen (secondary N) is 1. The van der Waals surface area contributed by atoms with Gasteiger partial charge in [0.1, 0.15) is 16.9 Å². The van der Waals surface area contributed by atoms with E-state index in [1.54, 1.807) is 30.3 Å². The van der Waals surface area contributed by atoms with Crippen LogP contribution in [0.5, 0.6) is 0 Å². The number of aryl methyl sites for hydroxylation is 1. The average Bonchev–Trinajstić information content (AvgIpc) is 2.78. The third kappa shape index (κ3) is 5.54. The standard InChI is InChI=1S/C24H21FN2O2S2/c1-2-19-10-6-7-14-22(19)27-24(30-17-18-9-8-11-20(25)15-18)23(16-26)31(28,29)21-12-4-3-5-13-21/h3-15,27H,2,17H2,1H3/b24-23+. The second-order valence-electron chi connectivity index (χ2n) is 6.64.